The van der Waals surface area contributed by atoms with Crippen LogP contribution in [-0.4, -0.2) is 16.9 Å². The van der Waals surface area contributed by atoms with Gasteiger partial charge in [-0.05, 0) is 109 Å². The fourth-order valence-electron chi connectivity index (χ4n) is 12.1. The first-order valence-electron chi connectivity index (χ1n) is 15.7. The summed E-state index contributed by atoms with van der Waals surface area (Å²) in [6.45, 7) is 17.5. The number of rotatable bonds is 4. The topological polar surface area (TPSA) is 58.2 Å². The molecule has 6 rings (SSSR count). The van der Waals surface area contributed by atoms with E-state index in [1.54, 1.807) is 0 Å². The molecule has 1 aromatic rings. The summed E-state index contributed by atoms with van der Waals surface area (Å²) in [7, 11) is 0. The van der Waals surface area contributed by atoms with Crippen molar-refractivity contribution in [1.82, 2.24) is 0 Å². The zero-order valence-electron chi connectivity index (χ0n) is 25.0. The van der Waals surface area contributed by atoms with Crippen molar-refractivity contribution in [2.45, 2.75) is 105 Å². The molecule has 0 aliphatic heterocycles. The first-order valence-corrected chi connectivity index (χ1v) is 15.7. The van der Waals surface area contributed by atoms with Crippen LogP contribution >= 0.6 is 0 Å². The second kappa shape index (κ2) is 8.76. The molecule has 212 valence electrons. The number of carboxylic acid groups (broad SMARTS) is 1. The first-order chi connectivity index (χ1) is 18.3. The van der Waals surface area contributed by atoms with Crippen molar-refractivity contribution < 1.29 is 19.3 Å². The minimum Gasteiger partial charge on any atom is -0.481 e. The number of carboxylic acids is 1. The zero-order valence-corrected chi connectivity index (χ0v) is 25.0. The molecule has 0 bridgehead atoms. The number of fused-ring (bicyclic) bond motifs is 7. The van der Waals surface area contributed by atoms with Gasteiger partial charge < -0.3 is 5.11 Å². The Balaban J connectivity index is 1.37. The van der Waals surface area contributed by atoms with E-state index in [4.69, 9.17) is 0 Å². The van der Waals surface area contributed by atoms with Crippen LogP contribution in [0.5, 0.6) is 0 Å². The van der Waals surface area contributed by atoms with Crippen LogP contribution in [0.25, 0.3) is 0 Å². The van der Waals surface area contributed by atoms with Gasteiger partial charge in [0.25, 0.3) is 0 Å². The van der Waals surface area contributed by atoms with Crippen molar-refractivity contribution in [2.75, 3.05) is 0 Å². The van der Waals surface area contributed by atoms with E-state index in [0.29, 0.717) is 23.5 Å². The van der Waals surface area contributed by atoms with Gasteiger partial charge in [0.15, 0.2) is 18.9 Å². The largest absolute Gasteiger partial charge is 0.481 e. The quantitative estimate of drug-likeness (QED) is 0.328. The average molecular weight is 533 g/mol. The molecule has 0 spiro atoms. The standard InChI is InChI=1S/C35H49NO3/c1-23(22-36-20-8-7-9-21-36)24-12-17-35(30(38)39)19-18-33(5)25(29(24)35)10-11-27-32(4)15-14-28(37)31(2,3)26(32)13-16-34(27,33)6/h7-9,20-21,24-27,29H,1,10-19,22H2,2-6H3/p+1/t24-,25+,26-,27+,29+,32-,33+,34+,35-/m0/s1. The molecule has 5 fully saturated rings. The summed E-state index contributed by atoms with van der Waals surface area (Å²) in [4.78, 5) is 26.1. The van der Waals surface area contributed by atoms with Gasteiger partial charge in [-0.2, -0.15) is 0 Å². The Kier molecular flexibility index (Phi) is 6.11. The molecule has 0 radical (unpaired) electrons. The molecule has 1 aromatic heterocycles. The molecule has 1 heterocycles. The number of Topliss-reactive ketones (excluding diaryl/α,β-unsaturated/α-hetero) is 1. The highest BCUT2D eigenvalue weighted by molar-refractivity contribution is 5.85. The molecular formula is C35H50NO3+. The molecule has 9 atom stereocenters. The Morgan fingerprint density at radius 3 is 2.31 bits per heavy atom. The van der Waals surface area contributed by atoms with Crippen LogP contribution in [-0.2, 0) is 16.1 Å². The Morgan fingerprint density at radius 2 is 1.62 bits per heavy atom. The number of ketones is 1. The Hall–Kier alpha value is -1.97. The lowest BCUT2D eigenvalue weighted by molar-refractivity contribution is -0.689. The van der Waals surface area contributed by atoms with Crippen LogP contribution in [0.4, 0.5) is 0 Å². The number of nitrogens with zero attached hydrogens (tertiary/aromatic N) is 1. The number of hydrogen-bond donors (Lipinski definition) is 1. The highest BCUT2D eigenvalue weighted by Crippen LogP contribution is 2.77. The van der Waals surface area contributed by atoms with Gasteiger partial charge >= 0.3 is 5.97 Å². The molecule has 5 aliphatic carbocycles. The van der Waals surface area contributed by atoms with Crippen molar-refractivity contribution in [1.29, 1.82) is 0 Å². The molecule has 0 saturated heterocycles. The summed E-state index contributed by atoms with van der Waals surface area (Å²) in [5, 5.41) is 10.8. The molecule has 1 N–H and O–H groups in total. The number of hydrogen-bond acceptors (Lipinski definition) is 2. The minimum absolute atomic E-state index is 0.113. The summed E-state index contributed by atoms with van der Waals surface area (Å²) in [6, 6.07) is 6.15. The monoisotopic (exact) mass is 532 g/mol. The van der Waals surface area contributed by atoms with Gasteiger partial charge in [0, 0.05) is 24.0 Å². The highest BCUT2D eigenvalue weighted by atomic mass is 16.4. The van der Waals surface area contributed by atoms with Crippen molar-refractivity contribution >= 4 is 11.8 Å². The van der Waals surface area contributed by atoms with Gasteiger partial charge in [-0.3, -0.25) is 9.59 Å². The molecule has 0 unspecified atom stereocenters. The molecule has 4 heteroatoms. The number of carbonyl (C=O) groups is 2. The lowest BCUT2D eigenvalue weighted by atomic mass is 9.32. The first kappa shape index (κ1) is 27.2. The normalized spacial score (nSPS) is 46.4. The zero-order chi connectivity index (χ0) is 28.0. The number of carbonyl (C=O) groups excluding carboxylic acids is 1. The maximum atomic E-state index is 13.1. The van der Waals surface area contributed by atoms with Crippen LogP contribution in [0, 0.1) is 56.7 Å². The molecule has 4 nitrogen and oxygen atoms in total. The fourth-order valence-corrected chi connectivity index (χ4v) is 12.1. The Bertz CT molecular complexity index is 1190. The number of allylic oxidation sites excluding steroid dienone is 1. The Morgan fingerprint density at radius 1 is 0.897 bits per heavy atom. The van der Waals surface area contributed by atoms with E-state index in [2.05, 4.69) is 70.3 Å². The smallest absolute Gasteiger partial charge is 0.309 e. The van der Waals surface area contributed by atoms with E-state index in [9.17, 15) is 14.7 Å². The van der Waals surface area contributed by atoms with Gasteiger partial charge in [0.1, 0.15) is 5.78 Å². The van der Waals surface area contributed by atoms with Crippen molar-refractivity contribution in [2.24, 2.45) is 56.7 Å². The molecule has 39 heavy (non-hydrogen) atoms. The SMILES string of the molecule is C=C(C[n+]1ccccc1)[C@@H]1CC[C@]2(C(=O)O)CC[C@]3(C)[C@H](CC[C@@H]4[C@@]5(C)CCC(=O)C(C)(C)[C@@H]5CC[C@]43C)[C@@H]12. The summed E-state index contributed by atoms with van der Waals surface area (Å²) in [6.07, 6.45) is 14.1. The van der Waals surface area contributed by atoms with Crippen molar-refractivity contribution in [3.63, 3.8) is 0 Å². The van der Waals surface area contributed by atoms with Crippen LogP contribution in [0.15, 0.2) is 42.7 Å². The predicted molar refractivity (Wildman–Crippen MR) is 153 cm³/mol. The lowest BCUT2D eigenvalue weighted by Gasteiger charge is -2.72. The second-order valence-electron chi connectivity index (χ2n) is 15.7. The van der Waals surface area contributed by atoms with Gasteiger partial charge in [0.05, 0.1) is 5.41 Å². The van der Waals surface area contributed by atoms with E-state index >= 15 is 0 Å². The second-order valence-corrected chi connectivity index (χ2v) is 15.7. The van der Waals surface area contributed by atoms with E-state index < -0.39 is 11.4 Å². The van der Waals surface area contributed by atoms with E-state index in [1.165, 1.54) is 18.4 Å². The number of aliphatic carboxylic acids is 1. The highest BCUT2D eigenvalue weighted by Gasteiger charge is 2.72. The number of aromatic nitrogens is 1. The third-order valence-corrected chi connectivity index (χ3v) is 14.3. The van der Waals surface area contributed by atoms with Crippen molar-refractivity contribution in [3.8, 4) is 0 Å². The summed E-state index contributed by atoms with van der Waals surface area (Å²) < 4.78 is 2.19. The van der Waals surface area contributed by atoms with Crippen molar-refractivity contribution in [3.05, 3.63) is 42.7 Å². The van der Waals surface area contributed by atoms with Crippen LogP contribution in [0.1, 0.15) is 98.8 Å². The number of pyridine rings is 1. The van der Waals surface area contributed by atoms with Crippen LogP contribution < -0.4 is 4.57 Å². The van der Waals surface area contributed by atoms with Gasteiger partial charge in [-0.25, -0.2) is 4.57 Å². The summed E-state index contributed by atoms with van der Waals surface area (Å²) in [5.41, 5.74) is 0.831. The van der Waals surface area contributed by atoms with Gasteiger partial charge in [0.2, 0.25) is 0 Å². The third-order valence-electron chi connectivity index (χ3n) is 14.3. The van der Waals surface area contributed by atoms with E-state index in [1.807, 2.05) is 6.07 Å². The molecule has 5 aliphatic rings. The maximum Gasteiger partial charge on any atom is 0.309 e. The third kappa shape index (κ3) is 3.51. The molecule has 0 amide bonds. The summed E-state index contributed by atoms with van der Waals surface area (Å²) in [5.74, 6) is 1.78. The van der Waals surface area contributed by atoms with Crippen LogP contribution in [0.3, 0.4) is 0 Å². The Labute approximate surface area is 235 Å². The lowest BCUT2D eigenvalue weighted by Crippen LogP contribution is -2.66. The van der Waals surface area contributed by atoms with E-state index in [-0.39, 0.29) is 33.5 Å². The fraction of sp³-hybridized carbons (Fsp3) is 0.743. The van der Waals surface area contributed by atoms with Crippen LogP contribution in [0.2, 0.25) is 0 Å². The minimum atomic E-state index is -0.608. The van der Waals surface area contributed by atoms with Gasteiger partial charge in [-0.1, -0.05) is 47.3 Å². The van der Waals surface area contributed by atoms with E-state index in [0.717, 1.165) is 57.9 Å². The molecular weight excluding hydrogens is 482 g/mol. The summed E-state index contributed by atoms with van der Waals surface area (Å²) >= 11 is 0. The average Bonchev–Trinajstić information content (AvgIpc) is 3.29. The predicted octanol–water partition coefficient (Wildman–Crippen LogP) is 7.27. The van der Waals surface area contributed by atoms with Gasteiger partial charge in [-0.15, -0.1) is 0 Å². The molecule has 0 aromatic carbocycles. The maximum absolute atomic E-state index is 13.1. The molecule has 5 saturated carbocycles.